The molecule has 0 aromatic heterocycles. The third-order valence-electron chi connectivity index (χ3n) is 3.02. The van der Waals surface area contributed by atoms with E-state index in [-0.39, 0.29) is 17.8 Å². The third-order valence-corrected chi connectivity index (χ3v) is 3.02. The first-order chi connectivity index (χ1) is 9.49. The van der Waals surface area contributed by atoms with Gasteiger partial charge in [0.15, 0.2) is 0 Å². The van der Waals surface area contributed by atoms with Gasteiger partial charge in [0.2, 0.25) is 0 Å². The van der Waals surface area contributed by atoms with Crippen molar-refractivity contribution in [2.45, 2.75) is 13.0 Å². The number of rotatable bonds is 4. The number of anilines is 1. The molecule has 0 aliphatic rings. The Morgan fingerprint density at radius 1 is 1.10 bits per heavy atom. The van der Waals surface area contributed by atoms with Crippen molar-refractivity contribution in [2.24, 2.45) is 0 Å². The van der Waals surface area contributed by atoms with Gasteiger partial charge in [-0.3, -0.25) is 0 Å². The Morgan fingerprint density at radius 3 is 2.50 bits per heavy atom. The summed E-state index contributed by atoms with van der Waals surface area (Å²) in [5.41, 5.74) is 0.902. The van der Waals surface area contributed by atoms with Gasteiger partial charge in [-0.2, -0.15) is 0 Å². The van der Waals surface area contributed by atoms with Gasteiger partial charge in [-0.25, -0.2) is 13.2 Å². The van der Waals surface area contributed by atoms with Gasteiger partial charge in [0.1, 0.15) is 17.5 Å². The Kier molecular flexibility index (Phi) is 4.29. The van der Waals surface area contributed by atoms with Crippen molar-refractivity contribution < 1.29 is 18.3 Å². The number of nitrogens with one attached hydrogen (secondary N) is 1. The predicted octanol–water partition coefficient (Wildman–Crippen LogP) is 3.56. The molecule has 1 unspecified atom stereocenters. The number of hydrogen-bond acceptors (Lipinski definition) is 2. The molecule has 1 atom stereocenters. The molecule has 2 aromatic carbocycles. The highest BCUT2D eigenvalue weighted by Crippen LogP contribution is 2.22. The molecule has 0 aliphatic carbocycles. The lowest BCUT2D eigenvalue weighted by Gasteiger charge is -2.15. The summed E-state index contributed by atoms with van der Waals surface area (Å²) in [6.45, 7) is 1.64. The fraction of sp³-hybridized carbons (Fsp3) is 0.200. The summed E-state index contributed by atoms with van der Waals surface area (Å²) in [4.78, 5) is 0. The number of hydrogen-bond donors (Lipinski definition) is 2. The Balaban J connectivity index is 2.11. The molecule has 0 spiro atoms. The molecule has 0 aliphatic heterocycles. The Bertz CT molecular complexity index is 596. The SMILES string of the molecule is Cc1cccc(F)c1NCC(O)c1ccc(F)cc1F. The summed E-state index contributed by atoms with van der Waals surface area (Å²) < 4.78 is 39.8. The molecule has 106 valence electrons. The molecule has 2 N–H and O–H groups in total. The van der Waals surface area contributed by atoms with E-state index < -0.39 is 23.6 Å². The zero-order valence-electron chi connectivity index (χ0n) is 10.8. The summed E-state index contributed by atoms with van der Waals surface area (Å²) in [6.07, 6.45) is -1.20. The van der Waals surface area contributed by atoms with Gasteiger partial charge in [0, 0.05) is 18.2 Å². The van der Waals surface area contributed by atoms with Crippen LogP contribution in [-0.4, -0.2) is 11.7 Å². The summed E-state index contributed by atoms with van der Waals surface area (Å²) >= 11 is 0. The molecule has 20 heavy (non-hydrogen) atoms. The van der Waals surface area contributed by atoms with E-state index in [0.717, 1.165) is 6.07 Å². The van der Waals surface area contributed by atoms with Gasteiger partial charge in [-0.05, 0) is 24.6 Å². The van der Waals surface area contributed by atoms with Crippen LogP contribution in [0.4, 0.5) is 18.9 Å². The van der Waals surface area contributed by atoms with Gasteiger partial charge >= 0.3 is 0 Å². The van der Waals surface area contributed by atoms with E-state index in [4.69, 9.17) is 0 Å². The highest BCUT2D eigenvalue weighted by Gasteiger charge is 2.14. The molecule has 0 bridgehead atoms. The van der Waals surface area contributed by atoms with Crippen LogP contribution in [0.15, 0.2) is 36.4 Å². The van der Waals surface area contributed by atoms with Crippen LogP contribution in [0.25, 0.3) is 0 Å². The van der Waals surface area contributed by atoms with Crippen LogP contribution in [-0.2, 0) is 0 Å². The molecule has 2 aromatic rings. The van der Waals surface area contributed by atoms with Gasteiger partial charge in [0.25, 0.3) is 0 Å². The molecular weight excluding hydrogens is 267 g/mol. The molecular formula is C15H14F3NO. The molecule has 2 rings (SSSR count). The van der Waals surface area contributed by atoms with Gasteiger partial charge in [-0.15, -0.1) is 0 Å². The third kappa shape index (κ3) is 3.11. The highest BCUT2D eigenvalue weighted by molar-refractivity contribution is 5.51. The minimum absolute atomic E-state index is 0.0344. The second-order valence-electron chi connectivity index (χ2n) is 4.49. The van der Waals surface area contributed by atoms with Crippen molar-refractivity contribution in [3.05, 3.63) is 65.0 Å². The summed E-state index contributed by atoms with van der Waals surface area (Å²) in [5.74, 6) is -1.99. The molecule has 0 fully saturated rings. The van der Waals surface area contributed by atoms with Gasteiger partial charge in [-0.1, -0.05) is 18.2 Å². The van der Waals surface area contributed by atoms with Crippen LogP contribution in [0.1, 0.15) is 17.2 Å². The number of aliphatic hydroxyl groups excluding tert-OH is 1. The fourth-order valence-corrected chi connectivity index (χ4v) is 1.94. The van der Waals surface area contributed by atoms with Gasteiger partial charge < -0.3 is 10.4 Å². The van der Waals surface area contributed by atoms with Gasteiger partial charge in [0.05, 0.1) is 11.8 Å². The van der Waals surface area contributed by atoms with Crippen LogP contribution in [0.5, 0.6) is 0 Å². The van der Waals surface area contributed by atoms with E-state index in [1.165, 1.54) is 12.1 Å². The number of para-hydroxylation sites is 1. The predicted molar refractivity (Wildman–Crippen MR) is 70.9 cm³/mol. The van der Waals surface area contributed by atoms with Crippen LogP contribution >= 0.6 is 0 Å². The van der Waals surface area contributed by atoms with Crippen molar-refractivity contribution in [3.63, 3.8) is 0 Å². The van der Waals surface area contributed by atoms with E-state index in [2.05, 4.69) is 5.32 Å². The standard InChI is InChI=1S/C15H14F3NO/c1-9-3-2-4-12(17)15(9)19-8-14(20)11-6-5-10(16)7-13(11)18/h2-7,14,19-20H,8H2,1H3. The Morgan fingerprint density at radius 2 is 1.85 bits per heavy atom. The average molecular weight is 281 g/mol. The maximum atomic E-state index is 13.6. The first-order valence-corrected chi connectivity index (χ1v) is 6.11. The quantitative estimate of drug-likeness (QED) is 0.898. The Labute approximate surface area is 114 Å². The monoisotopic (exact) mass is 281 g/mol. The fourth-order valence-electron chi connectivity index (χ4n) is 1.94. The first kappa shape index (κ1) is 14.4. The number of aliphatic hydroxyl groups is 1. The lowest BCUT2D eigenvalue weighted by atomic mass is 10.1. The van der Waals surface area contributed by atoms with Crippen molar-refractivity contribution in [2.75, 3.05) is 11.9 Å². The average Bonchev–Trinajstić information content (AvgIpc) is 2.37. The van der Waals surface area contributed by atoms with E-state index in [9.17, 15) is 18.3 Å². The van der Waals surface area contributed by atoms with Crippen molar-refractivity contribution >= 4 is 5.69 Å². The van der Waals surface area contributed by atoms with E-state index >= 15 is 0 Å². The maximum absolute atomic E-state index is 13.6. The molecule has 0 amide bonds. The number of halogens is 3. The largest absolute Gasteiger partial charge is 0.386 e. The van der Waals surface area contributed by atoms with E-state index in [0.29, 0.717) is 11.6 Å². The van der Waals surface area contributed by atoms with Crippen molar-refractivity contribution in [1.29, 1.82) is 0 Å². The summed E-state index contributed by atoms with van der Waals surface area (Å²) in [7, 11) is 0. The topological polar surface area (TPSA) is 32.3 Å². The van der Waals surface area contributed by atoms with Crippen molar-refractivity contribution in [3.8, 4) is 0 Å². The number of benzene rings is 2. The molecule has 0 saturated heterocycles. The maximum Gasteiger partial charge on any atom is 0.146 e. The zero-order chi connectivity index (χ0) is 14.7. The second kappa shape index (κ2) is 5.96. The minimum atomic E-state index is -1.20. The normalized spacial score (nSPS) is 12.2. The van der Waals surface area contributed by atoms with E-state index in [1.54, 1.807) is 19.1 Å². The smallest absolute Gasteiger partial charge is 0.146 e. The summed E-state index contributed by atoms with van der Waals surface area (Å²) in [5, 5.41) is 12.6. The van der Waals surface area contributed by atoms with Crippen LogP contribution in [0.3, 0.4) is 0 Å². The lowest BCUT2D eigenvalue weighted by Crippen LogP contribution is -2.15. The first-order valence-electron chi connectivity index (χ1n) is 6.11. The molecule has 5 heteroatoms. The second-order valence-corrected chi connectivity index (χ2v) is 4.49. The van der Waals surface area contributed by atoms with E-state index in [1.807, 2.05) is 0 Å². The molecule has 2 nitrogen and oxygen atoms in total. The minimum Gasteiger partial charge on any atom is -0.386 e. The van der Waals surface area contributed by atoms with Crippen molar-refractivity contribution in [1.82, 2.24) is 0 Å². The summed E-state index contributed by atoms with van der Waals surface area (Å²) in [6, 6.07) is 7.52. The zero-order valence-corrected chi connectivity index (χ0v) is 10.8. The lowest BCUT2D eigenvalue weighted by molar-refractivity contribution is 0.186. The van der Waals surface area contributed by atoms with Crippen LogP contribution in [0.2, 0.25) is 0 Å². The Hall–Kier alpha value is -2.01. The molecule has 0 saturated carbocycles. The van der Waals surface area contributed by atoms with Crippen LogP contribution < -0.4 is 5.32 Å². The molecule has 0 heterocycles. The molecule has 0 radical (unpaired) electrons. The highest BCUT2D eigenvalue weighted by atomic mass is 19.1. The number of aryl methyl sites for hydroxylation is 1. The van der Waals surface area contributed by atoms with Crippen LogP contribution in [0, 0.1) is 24.4 Å².